The third-order valence-electron chi connectivity index (χ3n) is 5.13. The van der Waals surface area contributed by atoms with Crippen molar-refractivity contribution in [3.63, 3.8) is 0 Å². The van der Waals surface area contributed by atoms with Crippen molar-refractivity contribution in [1.82, 2.24) is 0 Å². The van der Waals surface area contributed by atoms with Crippen molar-refractivity contribution in [2.45, 2.75) is 24.8 Å². The van der Waals surface area contributed by atoms with Gasteiger partial charge in [-0.05, 0) is 42.1 Å². The van der Waals surface area contributed by atoms with Crippen LogP contribution in [0.1, 0.15) is 34.6 Å². The Hall–Kier alpha value is -2.08. The van der Waals surface area contributed by atoms with E-state index in [9.17, 15) is 4.79 Å². The van der Waals surface area contributed by atoms with E-state index < -0.39 is 0 Å². The monoisotopic (exact) mass is 412 g/mol. The number of allylic oxidation sites excluding steroid dienone is 1. The van der Waals surface area contributed by atoms with Gasteiger partial charge in [0, 0.05) is 33.4 Å². The number of para-hydroxylation sites is 2. The normalized spacial score (nSPS) is 21.7. The van der Waals surface area contributed by atoms with E-state index in [1.165, 1.54) is 16.2 Å². The second-order valence-corrected chi connectivity index (χ2v) is 9.55. The van der Waals surface area contributed by atoms with Gasteiger partial charge in [-0.3, -0.25) is 4.79 Å². The van der Waals surface area contributed by atoms with Crippen molar-refractivity contribution in [3.05, 3.63) is 79.3 Å². The number of thiophene rings is 2. The number of anilines is 2. The molecular formula is C21H17ClN2OS2. The maximum absolute atomic E-state index is 13.3. The Bertz CT molecular complexity index is 1040. The molecule has 1 aliphatic heterocycles. The second-order valence-electron chi connectivity index (χ2n) is 6.83. The van der Waals surface area contributed by atoms with E-state index in [2.05, 4.69) is 34.2 Å². The first kappa shape index (κ1) is 17.0. The maximum atomic E-state index is 13.3. The van der Waals surface area contributed by atoms with Crippen LogP contribution in [0.5, 0.6) is 0 Å². The number of hydrogen-bond donors (Lipinski definition) is 2. The van der Waals surface area contributed by atoms with Gasteiger partial charge in [0.05, 0.1) is 21.8 Å². The molecule has 0 bridgehead atoms. The lowest BCUT2D eigenvalue weighted by Gasteiger charge is -2.28. The van der Waals surface area contributed by atoms with Gasteiger partial charge in [-0.2, -0.15) is 0 Å². The molecule has 0 amide bonds. The molecular weight excluding hydrogens is 396 g/mol. The molecule has 2 atom stereocenters. The summed E-state index contributed by atoms with van der Waals surface area (Å²) in [5.41, 5.74) is 3.88. The Balaban J connectivity index is 1.62. The minimum atomic E-state index is -0.176. The predicted molar refractivity (Wildman–Crippen MR) is 114 cm³/mol. The van der Waals surface area contributed by atoms with Crippen molar-refractivity contribution in [1.29, 1.82) is 0 Å². The fourth-order valence-electron chi connectivity index (χ4n) is 3.91. The molecule has 0 spiro atoms. The van der Waals surface area contributed by atoms with Crippen molar-refractivity contribution < 1.29 is 4.79 Å². The largest absolute Gasteiger partial charge is 0.372 e. The molecule has 5 rings (SSSR count). The molecule has 3 heterocycles. The van der Waals surface area contributed by atoms with Crippen LogP contribution in [-0.4, -0.2) is 5.78 Å². The average Bonchev–Trinajstić information content (AvgIpc) is 3.30. The van der Waals surface area contributed by atoms with Crippen LogP contribution < -0.4 is 10.6 Å². The Labute approximate surface area is 170 Å². The minimum absolute atomic E-state index is 0.176. The third-order valence-corrected chi connectivity index (χ3v) is 7.46. The van der Waals surface area contributed by atoms with E-state index in [0.717, 1.165) is 38.3 Å². The number of nitrogens with one attached hydrogen (secondary N) is 2. The average molecular weight is 413 g/mol. The minimum Gasteiger partial charge on any atom is -0.372 e. The topological polar surface area (TPSA) is 41.1 Å². The van der Waals surface area contributed by atoms with Crippen molar-refractivity contribution >= 4 is 51.4 Å². The number of fused-ring (bicyclic) bond motifs is 1. The number of halogens is 1. The number of hydrogen-bond acceptors (Lipinski definition) is 5. The quantitative estimate of drug-likeness (QED) is 0.508. The molecule has 2 aliphatic rings. The maximum Gasteiger partial charge on any atom is 0.163 e. The van der Waals surface area contributed by atoms with Gasteiger partial charge in [-0.1, -0.05) is 29.8 Å². The van der Waals surface area contributed by atoms with Gasteiger partial charge in [0.1, 0.15) is 0 Å². The molecule has 3 aromatic rings. The highest BCUT2D eigenvalue weighted by Crippen LogP contribution is 2.46. The van der Waals surface area contributed by atoms with Crippen LogP contribution in [0.15, 0.2) is 65.2 Å². The van der Waals surface area contributed by atoms with E-state index in [0.29, 0.717) is 6.42 Å². The fourth-order valence-corrected chi connectivity index (χ4v) is 5.87. The molecule has 1 aromatic carbocycles. The van der Waals surface area contributed by atoms with E-state index in [1.807, 2.05) is 30.3 Å². The number of Topliss-reactive ketones (excluding diaryl/α,β-unsaturated/α-hetero) is 1. The van der Waals surface area contributed by atoms with Crippen molar-refractivity contribution in [2.75, 3.05) is 10.6 Å². The lowest BCUT2D eigenvalue weighted by Crippen LogP contribution is -2.26. The number of ketones is 1. The summed E-state index contributed by atoms with van der Waals surface area (Å²) in [6.07, 6.45) is 1.39. The van der Waals surface area contributed by atoms with Gasteiger partial charge in [0.15, 0.2) is 5.78 Å². The fraction of sp³-hybridized carbons (Fsp3) is 0.190. The van der Waals surface area contributed by atoms with E-state index >= 15 is 0 Å². The summed E-state index contributed by atoms with van der Waals surface area (Å²) in [7, 11) is 0. The van der Waals surface area contributed by atoms with Crippen LogP contribution in [-0.2, 0) is 4.79 Å². The number of carbonyl (C=O) groups excluding carboxylic acids is 1. The zero-order valence-corrected chi connectivity index (χ0v) is 16.8. The van der Waals surface area contributed by atoms with Gasteiger partial charge in [0.2, 0.25) is 0 Å². The highest BCUT2D eigenvalue weighted by molar-refractivity contribution is 7.16. The summed E-state index contributed by atoms with van der Waals surface area (Å²) in [6, 6.07) is 16.0. The molecule has 0 fully saturated rings. The molecule has 2 N–H and O–H groups in total. The first-order valence-electron chi connectivity index (χ1n) is 8.86. The summed E-state index contributed by atoms with van der Waals surface area (Å²) < 4.78 is 0.735. The smallest absolute Gasteiger partial charge is 0.163 e. The van der Waals surface area contributed by atoms with Gasteiger partial charge in [0.25, 0.3) is 0 Å². The molecule has 1 aliphatic carbocycles. The van der Waals surface area contributed by atoms with Crippen LogP contribution in [0.2, 0.25) is 4.34 Å². The predicted octanol–water partition coefficient (Wildman–Crippen LogP) is 6.44. The summed E-state index contributed by atoms with van der Waals surface area (Å²) in [6.45, 7) is 0. The number of carbonyl (C=O) groups is 1. The van der Waals surface area contributed by atoms with Crippen LogP contribution in [0.4, 0.5) is 11.4 Å². The molecule has 0 radical (unpaired) electrons. The Kier molecular flexibility index (Phi) is 4.31. The highest BCUT2D eigenvalue weighted by atomic mass is 35.5. The number of rotatable bonds is 2. The molecule has 0 saturated carbocycles. The second kappa shape index (κ2) is 6.82. The highest BCUT2D eigenvalue weighted by Gasteiger charge is 2.36. The first-order chi connectivity index (χ1) is 13.2. The Morgan fingerprint density at radius 3 is 2.56 bits per heavy atom. The summed E-state index contributed by atoms with van der Waals surface area (Å²) >= 11 is 9.45. The number of benzene rings is 1. The van der Waals surface area contributed by atoms with Crippen LogP contribution in [0, 0.1) is 0 Å². The van der Waals surface area contributed by atoms with E-state index in [-0.39, 0.29) is 17.7 Å². The van der Waals surface area contributed by atoms with Crippen LogP contribution in [0.3, 0.4) is 0 Å². The summed E-state index contributed by atoms with van der Waals surface area (Å²) in [5.74, 6) is 0.443. The van der Waals surface area contributed by atoms with Crippen molar-refractivity contribution in [2.24, 2.45) is 0 Å². The van der Waals surface area contributed by atoms with Crippen molar-refractivity contribution in [3.8, 4) is 0 Å². The zero-order valence-electron chi connectivity index (χ0n) is 14.4. The third kappa shape index (κ3) is 3.10. The Morgan fingerprint density at radius 2 is 1.81 bits per heavy atom. The first-order valence-corrected chi connectivity index (χ1v) is 10.9. The molecule has 2 aromatic heterocycles. The molecule has 3 nitrogen and oxygen atoms in total. The standard InChI is InChI=1S/C21H17ClN2OS2/c22-19-8-7-18(27-19)21-20-15(23-13-4-1-2-5-14(13)24-21)10-12(11-16(20)25)17-6-3-9-26-17/h1-9,12,21,23-24H,10-11H2. The molecule has 136 valence electrons. The Morgan fingerprint density at radius 1 is 0.963 bits per heavy atom. The zero-order chi connectivity index (χ0) is 18.4. The molecule has 2 unspecified atom stereocenters. The molecule has 27 heavy (non-hydrogen) atoms. The molecule has 0 saturated heterocycles. The molecule has 6 heteroatoms. The van der Waals surface area contributed by atoms with Crippen LogP contribution >= 0.6 is 34.3 Å². The van der Waals surface area contributed by atoms with Gasteiger partial charge in [-0.25, -0.2) is 0 Å². The SMILES string of the molecule is O=C1CC(c2cccs2)CC2=C1C(c1ccc(Cl)s1)Nc1ccccc1N2. The lowest BCUT2D eigenvalue weighted by molar-refractivity contribution is -0.116. The van der Waals surface area contributed by atoms with Gasteiger partial charge in [-0.15, -0.1) is 22.7 Å². The lowest BCUT2D eigenvalue weighted by atomic mass is 9.82. The van der Waals surface area contributed by atoms with Crippen LogP contribution in [0.25, 0.3) is 0 Å². The van der Waals surface area contributed by atoms with Gasteiger partial charge < -0.3 is 10.6 Å². The van der Waals surface area contributed by atoms with Gasteiger partial charge >= 0.3 is 0 Å². The summed E-state index contributed by atoms with van der Waals surface area (Å²) in [5, 5.41) is 9.23. The van der Waals surface area contributed by atoms with E-state index in [4.69, 9.17) is 11.6 Å². The summed E-state index contributed by atoms with van der Waals surface area (Å²) in [4.78, 5) is 15.6. The van der Waals surface area contributed by atoms with E-state index in [1.54, 1.807) is 11.3 Å².